The monoisotopic (exact) mass is 196 g/mol. The van der Waals surface area contributed by atoms with Gasteiger partial charge in [-0.2, -0.15) is 0 Å². The molecule has 0 fully saturated rings. The summed E-state index contributed by atoms with van der Waals surface area (Å²) in [6, 6.07) is 0. The van der Waals surface area contributed by atoms with Gasteiger partial charge in [0.15, 0.2) is 0 Å². The first-order chi connectivity index (χ1) is 3.06. The van der Waals surface area contributed by atoms with Crippen LogP contribution in [0.1, 0.15) is 0 Å². The van der Waals surface area contributed by atoms with Crippen molar-refractivity contribution in [2.45, 2.75) is 3.12 Å². The normalized spacial score (nSPS) is 12.0. The summed E-state index contributed by atoms with van der Waals surface area (Å²) in [4.78, 5) is 0. The molecule has 0 saturated heterocycles. The Kier molecular flexibility index (Phi) is 4.37. The highest BCUT2D eigenvalue weighted by atomic mass is 35.6. The van der Waals surface area contributed by atoms with Gasteiger partial charge in [-0.3, -0.25) is 0 Å². The summed E-state index contributed by atoms with van der Waals surface area (Å²) in [6.07, 6.45) is 1.85. The Hall–Kier alpha value is 1.57. The number of alkyl halides is 3. The third-order valence-electron chi connectivity index (χ3n) is 0.178. The van der Waals surface area contributed by atoms with Gasteiger partial charge < -0.3 is 0 Å². The van der Waals surface area contributed by atoms with Crippen LogP contribution >= 0.6 is 56.4 Å². The van der Waals surface area contributed by atoms with E-state index < -0.39 is 3.12 Å². The maximum atomic E-state index is 5.31. The van der Waals surface area contributed by atoms with Gasteiger partial charge >= 0.3 is 0 Å². The number of rotatable bonds is 1. The van der Waals surface area contributed by atoms with E-state index in [0.717, 1.165) is 0 Å². The molecule has 7 heavy (non-hydrogen) atoms. The highest BCUT2D eigenvalue weighted by molar-refractivity contribution is 8.77. The third kappa shape index (κ3) is 7.57. The van der Waals surface area contributed by atoms with Crippen molar-refractivity contribution in [2.24, 2.45) is 0 Å². The van der Waals surface area contributed by atoms with Gasteiger partial charge in [0, 0.05) is 0 Å². The van der Waals surface area contributed by atoms with E-state index in [1.165, 1.54) is 21.6 Å². The molecule has 0 aliphatic carbocycles. The van der Waals surface area contributed by atoms with Gasteiger partial charge in [-0.15, -0.1) is 0 Å². The van der Waals surface area contributed by atoms with Crippen LogP contribution in [0.2, 0.25) is 0 Å². The largest absolute Gasteiger partial charge is 0.247 e. The Balaban J connectivity index is 3.15. The van der Waals surface area contributed by atoms with E-state index in [9.17, 15) is 0 Å². The van der Waals surface area contributed by atoms with Gasteiger partial charge in [0.1, 0.15) is 0 Å². The highest BCUT2D eigenvalue weighted by Crippen LogP contribution is 2.44. The second kappa shape index (κ2) is 3.57. The van der Waals surface area contributed by atoms with E-state index in [1.54, 1.807) is 0 Å². The molecule has 0 heterocycles. The molecule has 0 amide bonds. The zero-order valence-corrected chi connectivity index (χ0v) is 7.35. The Morgan fingerprint density at radius 2 is 1.71 bits per heavy atom. The first-order valence-corrected chi connectivity index (χ1v) is 5.04. The fourth-order valence-electron chi connectivity index (χ4n) is 0.0945. The van der Waals surface area contributed by atoms with Crippen molar-refractivity contribution >= 4 is 56.4 Å². The maximum Gasteiger partial charge on any atom is 0.247 e. The van der Waals surface area contributed by atoms with E-state index in [0.29, 0.717) is 0 Å². The molecule has 0 nitrogen and oxygen atoms in total. The molecule has 0 unspecified atom stereocenters. The predicted molar refractivity (Wildman–Crippen MR) is 41.4 cm³/mol. The van der Waals surface area contributed by atoms with Gasteiger partial charge in [0.05, 0.1) is 0 Å². The fourth-order valence-corrected chi connectivity index (χ4v) is 2.55. The smallest absolute Gasteiger partial charge is 0.0933 e. The molecule has 44 valence electrons. The quantitative estimate of drug-likeness (QED) is 0.467. The van der Waals surface area contributed by atoms with Crippen molar-refractivity contribution < 1.29 is 0 Å². The minimum atomic E-state index is -1.15. The summed E-state index contributed by atoms with van der Waals surface area (Å²) in [7, 11) is 2.63. The number of hydrogen-bond donors (Lipinski definition) is 0. The molecular formula is C2H3Cl3S2. The van der Waals surface area contributed by atoms with E-state index in [2.05, 4.69) is 0 Å². The first kappa shape index (κ1) is 8.57. The molecule has 0 aromatic carbocycles. The minimum absolute atomic E-state index is 1.15. The highest BCUT2D eigenvalue weighted by Gasteiger charge is 2.18. The number of halogens is 3. The lowest BCUT2D eigenvalue weighted by Crippen LogP contribution is -1.87. The molecule has 0 bridgehead atoms. The molecule has 0 N–H and O–H groups in total. The lowest BCUT2D eigenvalue weighted by molar-refractivity contribution is 1.81. The Morgan fingerprint density at radius 3 is 1.71 bits per heavy atom. The average Bonchev–Trinajstić information content (AvgIpc) is 1.30. The maximum absolute atomic E-state index is 5.31. The summed E-state index contributed by atoms with van der Waals surface area (Å²) in [5.41, 5.74) is 0. The predicted octanol–water partition coefficient (Wildman–Crippen LogP) is 3.33. The molecule has 0 radical (unpaired) electrons. The Morgan fingerprint density at radius 1 is 1.29 bits per heavy atom. The summed E-state index contributed by atoms with van der Waals surface area (Å²) in [5, 5.41) is 0. The van der Waals surface area contributed by atoms with Crippen molar-refractivity contribution in [2.75, 3.05) is 6.26 Å². The van der Waals surface area contributed by atoms with Crippen LogP contribution in [-0.4, -0.2) is 9.38 Å². The van der Waals surface area contributed by atoms with Gasteiger partial charge in [0.2, 0.25) is 3.12 Å². The molecule has 0 aliphatic heterocycles. The topological polar surface area (TPSA) is 0 Å². The molecular weight excluding hydrogens is 195 g/mol. The van der Waals surface area contributed by atoms with Crippen LogP contribution in [-0.2, 0) is 0 Å². The summed E-state index contributed by atoms with van der Waals surface area (Å²) in [5.74, 6) is 0. The lowest BCUT2D eigenvalue weighted by Gasteiger charge is -2.04. The zero-order valence-electron chi connectivity index (χ0n) is 3.45. The van der Waals surface area contributed by atoms with Crippen LogP contribution in [0, 0.1) is 0 Å². The van der Waals surface area contributed by atoms with E-state index >= 15 is 0 Å². The van der Waals surface area contributed by atoms with Crippen LogP contribution in [0.25, 0.3) is 0 Å². The van der Waals surface area contributed by atoms with E-state index in [4.69, 9.17) is 34.8 Å². The van der Waals surface area contributed by atoms with E-state index in [-0.39, 0.29) is 0 Å². The van der Waals surface area contributed by atoms with Crippen molar-refractivity contribution in [3.63, 3.8) is 0 Å². The Labute approximate surface area is 65.7 Å². The van der Waals surface area contributed by atoms with Crippen molar-refractivity contribution in [3.05, 3.63) is 0 Å². The molecule has 0 aromatic heterocycles. The summed E-state index contributed by atoms with van der Waals surface area (Å²) >= 11 is 15.9. The van der Waals surface area contributed by atoms with E-state index in [1.807, 2.05) is 6.26 Å². The molecule has 0 spiro atoms. The van der Waals surface area contributed by atoms with Crippen LogP contribution in [0.5, 0.6) is 0 Å². The van der Waals surface area contributed by atoms with Crippen LogP contribution < -0.4 is 0 Å². The minimum Gasteiger partial charge on any atom is -0.0933 e. The van der Waals surface area contributed by atoms with Gasteiger partial charge in [0.25, 0.3) is 0 Å². The number of hydrogen-bond acceptors (Lipinski definition) is 2. The second-order valence-corrected chi connectivity index (χ2v) is 6.26. The molecule has 5 heteroatoms. The van der Waals surface area contributed by atoms with Crippen LogP contribution in [0.4, 0.5) is 0 Å². The van der Waals surface area contributed by atoms with Gasteiger partial charge in [-0.1, -0.05) is 45.6 Å². The second-order valence-electron chi connectivity index (χ2n) is 0.696. The summed E-state index contributed by atoms with van der Waals surface area (Å²) in [6.45, 7) is 0. The van der Waals surface area contributed by atoms with Gasteiger partial charge in [-0.25, -0.2) is 0 Å². The summed E-state index contributed by atoms with van der Waals surface area (Å²) < 4.78 is -1.15. The molecule has 0 saturated carbocycles. The first-order valence-electron chi connectivity index (χ1n) is 1.35. The standard InChI is InChI=1S/C2H3Cl3S2/c1-6-7-2(3,4)5/h1H3. The van der Waals surface area contributed by atoms with Crippen molar-refractivity contribution in [1.82, 2.24) is 0 Å². The SMILES string of the molecule is CSSC(Cl)(Cl)Cl. The molecule has 0 atom stereocenters. The van der Waals surface area contributed by atoms with Crippen LogP contribution in [0.3, 0.4) is 0 Å². The molecule has 0 aliphatic rings. The van der Waals surface area contributed by atoms with Crippen molar-refractivity contribution in [1.29, 1.82) is 0 Å². The van der Waals surface area contributed by atoms with Gasteiger partial charge in [-0.05, 0) is 17.0 Å². The fraction of sp³-hybridized carbons (Fsp3) is 1.00. The zero-order chi connectivity index (χ0) is 5.91. The third-order valence-corrected chi connectivity index (χ3v) is 3.30. The molecule has 0 aromatic rings. The van der Waals surface area contributed by atoms with Crippen LogP contribution in [0.15, 0.2) is 0 Å². The molecule has 0 rings (SSSR count). The Bertz CT molecular complexity index is 49.4. The van der Waals surface area contributed by atoms with Crippen molar-refractivity contribution in [3.8, 4) is 0 Å². The lowest BCUT2D eigenvalue weighted by atomic mass is 11.8. The average molecular weight is 198 g/mol.